The Kier molecular flexibility index (Phi) is 13.5. The van der Waals surface area contributed by atoms with Crippen molar-refractivity contribution in [3.8, 4) is 5.75 Å². The molecule has 0 radical (unpaired) electrons. The minimum atomic E-state index is -1.19. The summed E-state index contributed by atoms with van der Waals surface area (Å²) in [5, 5.41) is 5.43. The molecule has 3 aromatic rings. The molecule has 1 fully saturated rings. The summed E-state index contributed by atoms with van der Waals surface area (Å²) >= 11 is 0. The summed E-state index contributed by atoms with van der Waals surface area (Å²) in [5.74, 6) is -0.150. The van der Waals surface area contributed by atoms with E-state index in [-0.39, 0.29) is 49.8 Å². The fourth-order valence-corrected chi connectivity index (χ4v) is 4.49. The predicted molar refractivity (Wildman–Crippen MR) is 169 cm³/mol. The topological polar surface area (TPSA) is 141 Å². The van der Waals surface area contributed by atoms with Crippen LogP contribution >= 0.6 is 24.8 Å². The van der Waals surface area contributed by atoms with Crippen molar-refractivity contribution in [2.24, 2.45) is 5.73 Å². The van der Waals surface area contributed by atoms with Crippen LogP contribution in [-0.2, 0) is 25.7 Å². The maximum absolute atomic E-state index is 13.6. The maximum Gasteiger partial charge on any atom is 0.250 e. The molecule has 43 heavy (non-hydrogen) atoms. The molecule has 13 heteroatoms. The molecular weight excluding hydrogens is 595 g/mol. The number of hydrogen-bond acceptors (Lipinski definition) is 7. The van der Waals surface area contributed by atoms with Crippen LogP contribution in [0.2, 0.25) is 0 Å². The molecule has 2 atom stereocenters. The number of aromatic nitrogens is 2. The van der Waals surface area contributed by atoms with Gasteiger partial charge in [-0.2, -0.15) is 0 Å². The van der Waals surface area contributed by atoms with Crippen molar-refractivity contribution < 1.29 is 23.9 Å². The highest BCUT2D eigenvalue weighted by Crippen LogP contribution is 2.26. The smallest absolute Gasteiger partial charge is 0.250 e. The van der Waals surface area contributed by atoms with E-state index in [1.54, 1.807) is 43.9 Å². The number of ether oxygens (including phenoxy) is 2. The lowest BCUT2D eigenvalue weighted by Gasteiger charge is -2.24. The average molecular weight is 636 g/mol. The van der Waals surface area contributed by atoms with Crippen molar-refractivity contribution in [1.82, 2.24) is 19.8 Å². The fraction of sp³-hybridized carbons (Fsp3) is 0.400. The van der Waals surface area contributed by atoms with Crippen molar-refractivity contribution in [2.75, 3.05) is 32.1 Å². The van der Waals surface area contributed by atoms with Gasteiger partial charge in [0, 0.05) is 19.3 Å². The van der Waals surface area contributed by atoms with Gasteiger partial charge in [-0.15, -0.1) is 24.8 Å². The normalized spacial score (nSPS) is 14.1. The molecule has 11 nitrogen and oxygen atoms in total. The molecule has 3 amide bonds. The van der Waals surface area contributed by atoms with Gasteiger partial charge in [0.2, 0.25) is 11.8 Å². The summed E-state index contributed by atoms with van der Waals surface area (Å²) in [5.41, 5.74) is 6.45. The van der Waals surface area contributed by atoms with Crippen LogP contribution in [0, 0.1) is 0 Å². The first-order valence-corrected chi connectivity index (χ1v) is 13.6. The fourth-order valence-electron chi connectivity index (χ4n) is 4.49. The lowest BCUT2D eigenvalue weighted by molar-refractivity contribution is -0.132. The predicted octanol–water partition coefficient (Wildman–Crippen LogP) is 3.32. The van der Waals surface area contributed by atoms with E-state index in [1.807, 2.05) is 47.4 Å². The SMILES string of the molecule is COc1ccc(C(C(=O)N2CCCC2)n2cnc(NC(=O)[C@@H](COCc3ccccc3)NC(=O)C(C)(C)N)c2)cc1.Cl.Cl. The average Bonchev–Trinajstić information content (AvgIpc) is 3.66. The van der Waals surface area contributed by atoms with E-state index in [0.717, 1.165) is 24.0 Å². The summed E-state index contributed by atoms with van der Waals surface area (Å²) in [6.07, 6.45) is 5.05. The van der Waals surface area contributed by atoms with Crippen molar-refractivity contribution in [1.29, 1.82) is 0 Å². The van der Waals surface area contributed by atoms with Crippen LogP contribution in [-0.4, -0.2) is 70.6 Å². The molecule has 4 N–H and O–H groups in total. The zero-order valence-electron chi connectivity index (χ0n) is 24.5. The number of methoxy groups -OCH3 is 1. The van der Waals surface area contributed by atoms with Crippen LogP contribution in [0.1, 0.15) is 43.9 Å². The first kappa shape index (κ1) is 35.6. The lowest BCUT2D eigenvalue weighted by Crippen LogP contribution is -2.56. The van der Waals surface area contributed by atoms with Crippen LogP contribution in [0.5, 0.6) is 5.75 Å². The zero-order chi connectivity index (χ0) is 29.4. The van der Waals surface area contributed by atoms with Gasteiger partial charge in [-0.25, -0.2) is 4.98 Å². The Labute approximate surface area is 264 Å². The van der Waals surface area contributed by atoms with Crippen LogP contribution < -0.4 is 21.1 Å². The lowest BCUT2D eigenvalue weighted by atomic mass is 10.1. The maximum atomic E-state index is 13.6. The Morgan fingerprint density at radius 2 is 1.67 bits per heavy atom. The van der Waals surface area contributed by atoms with E-state index < -0.39 is 29.4 Å². The summed E-state index contributed by atoms with van der Waals surface area (Å²) in [6, 6.07) is 15.1. The van der Waals surface area contributed by atoms with E-state index in [4.69, 9.17) is 15.2 Å². The number of carbonyl (C=O) groups excluding carboxylic acids is 3. The highest BCUT2D eigenvalue weighted by atomic mass is 35.5. The number of anilines is 1. The van der Waals surface area contributed by atoms with Crippen molar-refractivity contribution in [2.45, 2.75) is 50.9 Å². The summed E-state index contributed by atoms with van der Waals surface area (Å²) < 4.78 is 12.7. The van der Waals surface area contributed by atoms with Gasteiger partial charge >= 0.3 is 0 Å². The second-order valence-electron chi connectivity index (χ2n) is 10.7. The van der Waals surface area contributed by atoms with E-state index in [9.17, 15) is 14.4 Å². The van der Waals surface area contributed by atoms with Gasteiger partial charge in [-0.1, -0.05) is 42.5 Å². The number of amides is 3. The number of imidazole rings is 1. The molecule has 2 aromatic carbocycles. The quantitative estimate of drug-likeness (QED) is 0.277. The molecule has 4 rings (SSSR count). The number of likely N-dealkylation sites (tertiary alicyclic amines) is 1. The number of rotatable bonds is 12. The molecule has 0 aliphatic carbocycles. The van der Waals surface area contributed by atoms with Gasteiger partial charge in [0.05, 0.1) is 32.2 Å². The Morgan fingerprint density at radius 3 is 2.28 bits per heavy atom. The van der Waals surface area contributed by atoms with Crippen molar-refractivity contribution >= 4 is 48.4 Å². The minimum Gasteiger partial charge on any atom is -0.497 e. The molecule has 1 aliphatic heterocycles. The molecule has 2 heterocycles. The number of benzene rings is 2. The summed E-state index contributed by atoms with van der Waals surface area (Å²) in [4.78, 5) is 45.7. The standard InChI is InChI=1S/C30H38N6O5.2ClH/c1-30(2,31)29(39)33-24(19-41-18-21-9-5-4-6-10-21)27(37)34-25-17-36(20-32-25)26(28(38)35-15-7-8-16-35)22-11-13-23(40-3)14-12-22;;/h4-6,9-14,17,20,24,26H,7-8,15-16,18-19,31H2,1-3H3,(H,33,39)(H,34,37);2*1H/t24-,26?;;/m1../s1. The third-order valence-electron chi connectivity index (χ3n) is 6.84. The van der Waals surface area contributed by atoms with Crippen LogP contribution in [0.15, 0.2) is 67.1 Å². The molecule has 1 unspecified atom stereocenters. The molecule has 1 saturated heterocycles. The van der Waals surface area contributed by atoms with Crippen LogP contribution in [0.25, 0.3) is 0 Å². The summed E-state index contributed by atoms with van der Waals surface area (Å²) in [6.45, 7) is 4.70. The third-order valence-corrected chi connectivity index (χ3v) is 6.84. The third kappa shape index (κ3) is 9.69. The van der Waals surface area contributed by atoms with Gasteiger partial charge in [-0.3, -0.25) is 14.4 Å². The Bertz CT molecular complexity index is 1320. The molecular formula is C30H40Cl2N6O5. The van der Waals surface area contributed by atoms with E-state index in [2.05, 4.69) is 15.6 Å². The Balaban J connectivity index is 0.00000323. The minimum absolute atomic E-state index is 0. The van der Waals surface area contributed by atoms with Gasteiger partial charge in [0.1, 0.15) is 17.8 Å². The molecule has 0 spiro atoms. The zero-order valence-corrected chi connectivity index (χ0v) is 26.2. The largest absolute Gasteiger partial charge is 0.497 e. The van der Waals surface area contributed by atoms with Crippen molar-refractivity contribution in [3.05, 3.63) is 78.2 Å². The Morgan fingerprint density at radius 1 is 1.02 bits per heavy atom. The monoisotopic (exact) mass is 634 g/mol. The summed E-state index contributed by atoms with van der Waals surface area (Å²) in [7, 11) is 1.59. The van der Waals surface area contributed by atoms with E-state index in [0.29, 0.717) is 18.8 Å². The second kappa shape index (κ2) is 16.3. The first-order chi connectivity index (χ1) is 19.7. The van der Waals surface area contributed by atoms with Crippen molar-refractivity contribution in [3.63, 3.8) is 0 Å². The van der Waals surface area contributed by atoms with E-state index in [1.165, 1.54) is 6.33 Å². The van der Waals surface area contributed by atoms with Gasteiger partial charge in [0.15, 0.2) is 5.82 Å². The molecule has 1 aliphatic rings. The van der Waals surface area contributed by atoms with Gasteiger partial charge < -0.3 is 35.3 Å². The highest BCUT2D eigenvalue weighted by Gasteiger charge is 2.31. The van der Waals surface area contributed by atoms with Crippen LogP contribution in [0.4, 0.5) is 5.82 Å². The number of nitrogens with zero attached hydrogens (tertiary/aromatic N) is 3. The molecule has 234 valence electrons. The molecule has 0 bridgehead atoms. The number of halogens is 2. The van der Waals surface area contributed by atoms with Gasteiger partial charge in [-0.05, 0) is 49.9 Å². The Hall–Kier alpha value is -3.64. The number of nitrogens with one attached hydrogen (secondary N) is 2. The first-order valence-electron chi connectivity index (χ1n) is 13.6. The van der Waals surface area contributed by atoms with E-state index >= 15 is 0 Å². The number of hydrogen-bond donors (Lipinski definition) is 3. The van der Waals surface area contributed by atoms with Gasteiger partial charge in [0.25, 0.3) is 5.91 Å². The second-order valence-corrected chi connectivity index (χ2v) is 10.7. The highest BCUT2D eigenvalue weighted by molar-refractivity contribution is 5.98. The number of carbonyl (C=O) groups is 3. The number of nitrogens with two attached hydrogens (primary N) is 1. The molecule has 0 saturated carbocycles. The van der Waals surface area contributed by atoms with Crippen LogP contribution in [0.3, 0.4) is 0 Å². The molecule has 1 aromatic heterocycles.